The lowest BCUT2D eigenvalue weighted by molar-refractivity contribution is 0.104. The zero-order chi connectivity index (χ0) is 25.1. The maximum Gasteiger partial charge on any atom is 0.196 e. The van der Waals surface area contributed by atoms with Crippen molar-refractivity contribution in [1.82, 2.24) is 5.16 Å². The van der Waals surface area contributed by atoms with Gasteiger partial charge in [-0.05, 0) is 49.1 Å². The van der Waals surface area contributed by atoms with Gasteiger partial charge < -0.3 is 19.2 Å². The third kappa shape index (κ3) is 3.59. The van der Waals surface area contributed by atoms with E-state index in [1.165, 1.54) is 18.6 Å². The molecule has 0 N–H and O–H groups in total. The van der Waals surface area contributed by atoms with Crippen molar-refractivity contribution in [2.75, 3.05) is 54.0 Å². The van der Waals surface area contributed by atoms with Crippen LogP contribution >= 0.6 is 0 Å². The lowest BCUT2D eigenvalue weighted by Gasteiger charge is -2.39. The number of hydrogen-bond donors (Lipinski definition) is 0. The molecule has 7 heteroatoms. The Balaban J connectivity index is 1.33. The second-order valence-corrected chi connectivity index (χ2v) is 10.5. The highest BCUT2D eigenvalue weighted by atomic mass is 19.1. The highest BCUT2D eigenvalue weighted by Gasteiger charge is 2.36. The highest BCUT2D eigenvalue weighted by Crippen LogP contribution is 2.47. The summed E-state index contributed by atoms with van der Waals surface area (Å²) in [6.45, 7) is 7.40. The van der Waals surface area contributed by atoms with Crippen molar-refractivity contribution in [2.24, 2.45) is 5.92 Å². The predicted octanol–water partition coefficient (Wildman–Crippen LogP) is 5.74. The van der Waals surface area contributed by atoms with Gasteiger partial charge in [0.25, 0.3) is 0 Å². The van der Waals surface area contributed by atoms with Crippen molar-refractivity contribution < 1.29 is 13.7 Å². The van der Waals surface area contributed by atoms with Crippen molar-refractivity contribution in [2.45, 2.75) is 19.8 Å². The second kappa shape index (κ2) is 8.61. The first-order chi connectivity index (χ1) is 18.1. The van der Waals surface area contributed by atoms with Gasteiger partial charge in [0.05, 0.1) is 22.3 Å². The molecule has 188 valence electrons. The number of halogens is 1. The summed E-state index contributed by atoms with van der Waals surface area (Å²) >= 11 is 0. The van der Waals surface area contributed by atoms with Gasteiger partial charge in [-0.1, -0.05) is 36.3 Å². The molecular formula is C30H29FN4O2. The molecule has 0 radical (unpaired) electrons. The minimum absolute atomic E-state index is 0.0530. The van der Waals surface area contributed by atoms with Crippen LogP contribution in [0, 0.1) is 11.7 Å². The molecule has 2 fully saturated rings. The average Bonchev–Trinajstić information content (AvgIpc) is 3.37. The van der Waals surface area contributed by atoms with Crippen LogP contribution in [0.5, 0.6) is 0 Å². The summed E-state index contributed by atoms with van der Waals surface area (Å²) in [6, 6.07) is 16.6. The van der Waals surface area contributed by atoms with Crippen molar-refractivity contribution in [3.63, 3.8) is 0 Å². The highest BCUT2D eigenvalue weighted by molar-refractivity contribution is 6.28. The molecule has 4 aromatic rings. The Labute approximate surface area is 215 Å². The van der Waals surface area contributed by atoms with Gasteiger partial charge in [-0.15, -0.1) is 0 Å². The van der Waals surface area contributed by atoms with Crippen LogP contribution in [0.2, 0.25) is 0 Å². The van der Waals surface area contributed by atoms with E-state index in [4.69, 9.17) is 4.52 Å². The molecule has 2 saturated heterocycles. The number of aromatic nitrogens is 1. The van der Waals surface area contributed by atoms with Gasteiger partial charge in [0.2, 0.25) is 0 Å². The molecule has 0 bridgehead atoms. The monoisotopic (exact) mass is 496 g/mol. The van der Waals surface area contributed by atoms with E-state index in [0.29, 0.717) is 17.2 Å². The van der Waals surface area contributed by atoms with Crippen molar-refractivity contribution in [3.8, 4) is 11.3 Å². The number of anilines is 3. The minimum Gasteiger partial charge on any atom is -0.371 e. The molecule has 1 aromatic heterocycles. The first-order valence-corrected chi connectivity index (χ1v) is 13.2. The molecule has 0 amide bonds. The summed E-state index contributed by atoms with van der Waals surface area (Å²) < 4.78 is 19.4. The molecule has 2 aliphatic heterocycles. The van der Waals surface area contributed by atoms with Crippen LogP contribution in [0.1, 0.15) is 35.7 Å². The smallest absolute Gasteiger partial charge is 0.196 e. The number of rotatable bonds is 3. The van der Waals surface area contributed by atoms with E-state index in [2.05, 4.69) is 32.8 Å². The third-order valence-electron chi connectivity index (χ3n) is 8.17. The Hall–Kier alpha value is -3.87. The number of carbonyl (C=O) groups is 1. The van der Waals surface area contributed by atoms with E-state index in [0.717, 1.165) is 84.8 Å². The molecule has 1 atom stereocenters. The normalized spacial score (nSPS) is 19.5. The molecule has 3 aliphatic rings. The maximum atomic E-state index is 13.9. The summed E-state index contributed by atoms with van der Waals surface area (Å²) in [4.78, 5) is 20.9. The van der Waals surface area contributed by atoms with Gasteiger partial charge in [-0.2, -0.15) is 0 Å². The van der Waals surface area contributed by atoms with Gasteiger partial charge in [0.15, 0.2) is 11.5 Å². The van der Waals surface area contributed by atoms with Crippen LogP contribution < -0.4 is 14.7 Å². The SMILES string of the molecule is C[C@@H]1CCCN(c2cc(N3CCN(c4ccc(F)cc4)CC3)c3noc4c3c2C(=O)c2ccccc2-4)C1. The van der Waals surface area contributed by atoms with Crippen LogP contribution in [0.4, 0.5) is 21.5 Å². The molecule has 3 heterocycles. The summed E-state index contributed by atoms with van der Waals surface area (Å²) in [5, 5.41) is 5.39. The Kier molecular flexibility index (Phi) is 5.20. The van der Waals surface area contributed by atoms with Gasteiger partial charge in [0.1, 0.15) is 11.3 Å². The topological polar surface area (TPSA) is 52.8 Å². The number of piperazine rings is 1. The third-order valence-corrected chi connectivity index (χ3v) is 8.17. The molecule has 6 nitrogen and oxygen atoms in total. The minimum atomic E-state index is -0.219. The number of nitrogens with zero attached hydrogens (tertiary/aromatic N) is 4. The van der Waals surface area contributed by atoms with Gasteiger partial charge >= 0.3 is 0 Å². The number of fused-ring (bicyclic) bond motifs is 2. The fraction of sp³-hybridized carbons (Fsp3) is 0.333. The standard InChI is InChI=1S/C30H29FN4O2/c1-19-5-4-12-35(18-19)24-17-25(34-15-13-33(14-16-34)21-10-8-20(31)9-11-21)28-27-26(24)29(36)22-6-2-3-7-23(22)30(27)37-32-28/h2-3,6-11,17,19H,4-5,12-16,18H2,1H3/t19-/m1/s1. The van der Waals surface area contributed by atoms with E-state index in [-0.39, 0.29) is 11.6 Å². The molecule has 0 unspecified atom stereocenters. The van der Waals surface area contributed by atoms with Gasteiger partial charge in [-0.3, -0.25) is 4.79 Å². The lowest BCUT2D eigenvalue weighted by Crippen LogP contribution is -2.46. The van der Waals surface area contributed by atoms with Crippen LogP contribution in [-0.2, 0) is 0 Å². The largest absolute Gasteiger partial charge is 0.371 e. The van der Waals surface area contributed by atoms with Crippen LogP contribution in [0.25, 0.3) is 22.2 Å². The fourth-order valence-electron chi connectivity index (χ4n) is 6.28. The molecule has 3 aromatic carbocycles. The van der Waals surface area contributed by atoms with Crippen molar-refractivity contribution in [1.29, 1.82) is 0 Å². The van der Waals surface area contributed by atoms with Crippen LogP contribution in [0.15, 0.2) is 59.1 Å². The van der Waals surface area contributed by atoms with Crippen LogP contribution in [0.3, 0.4) is 0 Å². The maximum absolute atomic E-state index is 13.9. The Morgan fingerprint density at radius 2 is 1.62 bits per heavy atom. The van der Waals surface area contributed by atoms with E-state index in [1.54, 1.807) is 0 Å². The molecule has 0 spiro atoms. The number of ketones is 1. The Morgan fingerprint density at radius 1 is 0.892 bits per heavy atom. The average molecular weight is 497 g/mol. The van der Waals surface area contributed by atoms with Gasteiger partial charge in [-0.25, -0.2) is 4.39 Å². The number of carbonyl (C=O) groups excluding carboxylic acids is 1. The first-order valence-electron chi connectivity index (χ1n) is 13.2. The molecule has 7 rings (SSSR count). The van der Waals surface area contributed by atoms with Crippen molar-refractivity contribution >= 4 is 33.7 Å². The zero-order valence-electron chi connectivity index (χ0n) is 20.9. The Morgan fingerprint density at radius 3 is 2.38 bits per heavy atom. The molecule has 37 heavy (non-hydrogen) atoms. The van der Waals surface area contributed by atoms with E-state index < -0.39 is 0 Å². The lowest BCUT2D eigenvalue weighted by atomic mass is 9.85. The van der Waals surface area contributed by atoms with Crippen molar-refractivity contribution in [3.05, 3.63) is 71.5 Å². The first kappa shape index (κ1) is 22.3. The summed E-state index contributed by atoms with van der Waals surface area (Å²) in [7, 11) is 0. The van der Waals surface area contributed by atoms with E-state index in [9.17, 15) is 9.18 Å². The molecule has 1 aliphatic carbocycles. The summed E-state index contributed by atoms with van der Waals surface area (Å²) in [6.07, 6.45) is 2.33. The number of hydrogen-bond acceptors (Lipinski definition) is 6. The zero-order valence-corrected chi connectivity index (χ0v) is 20.9. The second-order valence-electron chi connectivity index (χ2n) is 10.5. The van der Waals surface area contributed by atoms with E-state index >= 15 is 0 Å². The quantitative estimate of drug-likeness (QED) is 0.318. The van der Waals surface area contributed by atoms with Gasteiger partial charge in [0, 0.05) is 56.1 Å². The summed E-state index contributed by atoms with van der Waals surface area (Å²) in [5.74, 6) is 1.10. The fourth-order valence-corrected chi connectivity index (χ4v) is 6.28. The van der Waals surface area contributed by atoms with E-state index in [1.807, 2.05) is 36.4 Å². The number of piperidine rings is 1. The Bertz CT molecular complexity index is 1500. The molecular weight excluding hydrogens is 467 g/mol. The number of benzene rings is 3. The van der Waals surface area contributed by atoms with Crippen LogP contribution in [-0.4, -0.2) is 50.2 Å². The molecule has 0 saturated carbocycles. The predicted molar refractivity (Wildman–Crippen MR) is 144 cm³/mol. The summed E-state index contributed by atoms with van der Waals surface area (Å²) in [5.41, 5.74) is 6.04.